The molecule has 2 heterocycles. The Balaban J connectivity index is 1.38. The van der Waals surface area contributed by atoms with E-state index in [1.807, 2.05) is 24.3 Å². The number of hydrogen-bond acceptors (Lipinski definition) is 6. The molecule has 1 aliphatic rings. The molecule has 0 unspecified atom stereocenters. The SMILES string of the molecule is CN(CC(=O)NC(=O)NCc1ccco1)C[C@@H]1COc2ccccc2O1. The summed E-state index contributed by atoms with van der Waals surface area (Å²) in [6, 6.07) is 10.4. The highest BCUT2D eigenvalue weighted by atomic mass is 16.6. The van der Waals surface area contributed by atoms with Gasteiger partial charge in [0.15, 0.2) is 11.5 Å². The third-order valence-corrected chi connectivity index (χ3v) is 3.75. The van der Waals surface area contributed by atoms with Crippen LogP contribution in [0.1, 0.15) is 5.76 Å². The molecule has 0 spiro atoms. The molecule has 0 radical (unpaired) electrons. The average Bonchev–Trinajstić information content (AvgIpc) is 3.13. The van der Waals surface area contributed by atoms with Crippen molar-refractivity contribution in [3.8, 4) is 11.5 Å². The summed E-state index contributed by atoms with van der Waals surface area (Å²) in [5.74, 6) is 1.62. The van der Waals surface area contributed by atoms with Gasteiger partial charge in [-0.1, -0.05) is 12.1 Å². The molecule has 1 atom stereocenters. The summed E-state index contributed by atoms with van der Waals surface area (Å²) in [5, 5.41) is 4.84. The lowest BCUT2D eigenvalue weighted by Gasteiger charge is -2.29. The summed E-state index contributed by atoms with van der Waals surface area (Å²) in [7, 11) is 1.78. The molecule has 8 nitrogen and oxygen atoms in total. The van der Waals surface area contributed by atoms with Gasteiger partial charge in [-0.25, -0.2) is 4.79 Å². The number of carbonyl (C=O) groups excluding carboxylic acids is 2. The van der Waals surface area contributed by atoms with Crippen molar-refractivity contribution in [2.75, 3.05) is 26.7 Å². The Morgan fingerprint density at radius 3 is 2.77 bits per heavy atom. The van der Waals surface area contributed by atoms with Gasteiger partial charge in [-0.2, -0.15) is 0 Å². The number of fused-ring (bicyclic) bond motifs is 1. The largest absolute Gasteiger partial charge is 0.486 e. The van der Waals surface area contributed by atoms with Gasteiger partial charge >= 0.3 is 6.03 Å². The van der Waals surface area contributed by atoms with E-state index in [4.69, 9.17) is 13.9 Å². The standard InChI is InChI=1S/C18H21N3O5/c1-21(10-14-12-25-15-6-2-3-7-16(15)26-14)11-17(22)20-18(23)19-9-13-5-4-8-24-13/h2-8,14H,9-12H2,1H3,(H2,19,20,22,23)/t14-/m1/s1. The lowest BCUT2D eigenvalue weighted by Crippen LogP contribution is -2.46. The number of urea groups is 1. The van der Waals surface area contributed by atoms with Crippen LogP contribution in [0.15, 0.2) is 47.1 Å². The zero-order valence-corrected chi connectivity index (χ0v) is 14.4. The Hall–Kier alpha value is -3.00. The van der Waals surface area contributed by atoms with E-state index in [1.54, 1.807) is 24.1 Å². The second-order valence-corrected chi connectivity index (χ2v) is 6.00. The molecule has 1 aromatic carbocycles. The van der Waals surface area contributed by atoms with Gasteiger partial charge < -0.3 is 19.2 Å². The fourth-order valence-electron chi connectivity index (χ4n) is 2.60. The molecule has 1 aliphatic heterocycles. The molecule has 26 heavy (non-hydrogen) atoms. The first-order valence-corrected chi connectivity index (χ1v) is 8.27. The number of nitrogens with zero attached hydrogens (tertiary/aromatic N) is 1. The highest BCUT2D eigenvalue weighted by Crippen LogP contribution is 2.30. The molecule has 8 heteroatoms. The molecule has 2 aromatic rings. The van der Waals surface area contributed by atoms with Crippen LogP contribution in [0, 0.1) is 0 Å². The van der Waals surface area contributed by atoms with Crippen molar-refractivity contribution in [2.45, 2.75) is 12.6 Å². The predicted molar refractivity (Wildman–Crippen MR) is 92.9 cm³/mol. The minimum atomic E-state index is -0.564. The molecular formula is C18H21N3O5. The number of rotatable bonds is 6. The number of likely N-dealkylation sites (N-methyl/N-ethyl adjacent to an activating group) is 1. The third-order valence-electron chi connectivity index (χ3n) is 3.75. The van der Waals surface area contributed by atoms with Crippen molar-refractivity contribution in [3.63, 3.8) is 0 Å². The monoisotopic (exact) mass is 359 g/mol. The van der Waals surface area contributed by atoms with Crippen molar-refractivity contribution in [1.82, 2.24) is 15.5 Å². The van der Waals surface area contributed by atoms with Gasteiger partial charge in [-0.05, 0) is 31.3 Å². The van der Waals surface area contributed by atoms with Crippen LogP contribution >= 0.6 is 0 Å². The number of imide groups is 1. The lowest BCUT2D eigenvalue weighted by molar-refractivity contribution is -0.121. The van der Waals surface area contributed by atoms with Crippen molar-refractivity contribution in [3.05, 3.63) is 48.4 Å². The summed E-state index contributed by atoms with van der Waals surface area (Å²) in [5.41, 5.74) is 0. The van der Waals surface area contributed by atoms with Crippen LogP contribution in [-0.2, 0) is 11.3 Å². The molecule has 0 fully saturated rings. The van der Waals surface area contributed by atoms with E-state index in [9.17, 15) is 9.59 Å². The number of nitrogens with one attached hydrogen (secondary N) is 2. The molecule has 138 valence electrons. The van der Waals surface area contributed by atoms with Gasteiger partial charge in [0.05, 0.1) is 19.4 Å². The van der Waals surface area contributed by atoms with E-state index in [1.165, 1.54) is 6.26 Å². The molecule has 1 aromatic heterocycles. The molecule has 0 aliphatic carbocycles. The van der Waals surface area contributed by atoms with E-state index in [0.717, 1.165) is 5.75 Å². The first kappa shape index (κ1) is 17.8. The van der Waals surface area contributed by atoms with Crippen LogP contribution in [0.2, 0.25) is 0 Å². The van der Waals surface area contributed by atoms with Crippen LogP contribution < -0.4 is 20.1 Å². The smallest absolute Gasteiger partial charge is 0.321 e. The summed E-state index contributed by atoms with van der Waals surface area (Å²) in [6.07, 6.45) is 1.33. The van der Waals surface area contributed by atoms with E-state index in [0.29, 0.717) is 24.7 Å². The second kappa shape index (κ2) is 8.39. The van der Waals surface area contributed by atoms with Crippen LogP contribution in [0.5, 0.6) is 11.5 Å². The van der Waals surface area contributed by atoms with Crippen molar-refractivity contribution in [1.29, 1.82) is 0 Å². The van der Waals surface area contributed by atoms with Gasteiger partial charge in [0.25, 0.3) is 0 Å². The van der Waals surface area contributed by atoms with Crippen molar-refractivity contribution >= 4 is 11.9 Å². The average molecular weight is 359 g/mol. The second-order valence-electron chi connectivity index (χ2n) is 6.00. The molecule has 3 rings (SSSR count). The van der Waals surface area contributed by atoms with Crippen molar-refractivity contribution < 1.29 is 23.5 Å². The molecule has 3 amide bonds. The Kier molecular flexibility index (Phi) is 5.75. The maximum Gasteiger partial charge on any atom is 0.321 e. The number of para-hydroxylation sites is 2. The highest BCUT2D eigenvalue weighted by Gasteiger charge is 2.22. The minimum Gasteiger partial charge on any atom is -0.486 e. The number of amides is 3. The highest BCUT2D eigenvalue weighted by molar-refractivity contribution is 5.95. The lowest BCUT2D eigenvalue weighted by atomic mass is 10.2. The molecule has 0 saturated heterocycles. The van der Waals surface area contributed by atoms with Gasteiger partial charge in [-0.3, -0.25) is 15.0 Å². The Bertz CT molecular complexity index is 747. The molecule has 2 N–H and O–H groups in total. The number of carbonyl (C=O) groups is 2. The fraction of sp³-hybridized carbons (Fsp3) is 0.333. The number of furan rings is 1. The van der Waals surface area contributed by atoms with E-state index in [-0.39, 0.29) is 19.2 Å². The van der Waals surface area contributed by atoms with E-state index < -0.39 is 11.9 Å². The third kappa shape index (κ3) is 5.00. The number of hydrogen-bond donors (Lipinski definition) is 2. The fourth-order valence-corrected chi connectivity index (χ4v) is 2.60. The van der Waals surface area contributed by atoms with Gasteiger partial charge in [-0.15, -0.1) is 0 Å². The summed E-state index contributed by atoms with van der Waals surface area (Å²) < 4.78 is 16.6. The Morgan fingerprint density at radius 1 is 1.19 bits per heavy atom. The van der Waals surface area contributed by atoms with Crippen LogP contribution in [0.25, 0.3) is 0 Å². The molecular weight excluding hydrogens is 338 g/mol. The van der Waals surface area contributed by atoms with E-state index >= 15 is 0 Å². The maximum absolute atomic E-state index is 12.0. The zero-order valence-electron chi connectivity index (χ0n) is 14.4. The minimum absolute atomic E-state index is 0.0652. The quantitative estimate of drug-likeness (QED) is 0.809. The molecule has 0 saturated carbocycles. The van der Waals surface area contributed by atoms with Crippen LogP contribution in [0.3, 0.4) is 0 Å². The normalized spacial score (nSPS) is 15.5. The summed E-state index contributed by atoms with van der Waals surface area (Å²) in [6.45, 7) is 1.19. The molecule has 0 bridgehead atoms. The predicted octanol–water partition coefficient (Wildman–Crippen LogP) is 1.38. The van der Waals surface area contributed by atoms with Gasteiger partial charge in [0.2, 0.25) is 5.91 Å². The number of benzene rings is 1. The van der Waals surface area contributed by atoms with Crippen LogP contribution in [-0.4, -0.2) is 49.7 Å². The van der Waals surface area contributed by atoms with Gasteiger partial charge in [0.1, 0.15) is 18.5 Å². The van der Waals surface area contributed by atoms with E-state index in [2.05, 4.69) is 10.6 Å². The zero-order chi connectivity index (χ0) is 18.4. The first-order chi connectivity index (χ1) is 12.6. The number of ether oxygens (including phenoxy) is 2. The van der Waals surface area contributed by atoms with Gasteiger partial charge in [0, 0.05) is 6.54 Å². The Morgan fingerprint density at radius 2 is 2.00 bits per heavy atom. The Labute approximate surface area is 151 Å². The summed E-state index contributed by atoms with van der Waals surface area (Å²) in [4.78, 5) is 25.4. The first-order valence-electron chi connectivity index (χ1n) is 8.27. The van der Waals surface area contributed by atoms with Crippen LogP contribution in [0.4, 0.5) is 4.79 Å². The summed E-state index contributed by atoms with van der Waals surface area (Å²) >= 11 is 0. The van der Waals surface area contributed by atoms with Crippen molar-refractivity contribution in [2.24, 2.45) is 0 Å². The topological polar surface area (TPSA) is 93.0 Å². The maximum atomic E-state index is 12.0.